The van der Waals surface area contributed by atoms with Gasteiger partial charge in [-0.3, -0.25) is 14.4 Å². The largest absolute Gasteiger partial charge is 0.481 e. The number of amides is 1. The van der Waals surface area contributed by atoms with Crippen LogP contribution in [0.25, 0.3) is 0 Å². The van der Waals surface area contributed by atoms with Gasteiger partial charge in [-0.05, 0) is 60.8 Å². The molecule has 0 aromatic rings. The van der Waals surface area contributed by atoms with E-state index in [2.05, 4.69) is 27.0 Å². The summed E-state index contributed by atoms with van der Waals surface area (Å²) < 4.78 is 4.89. The fraction of sp³-hybridized carbons (Fsp3) is 0.792. The number of carboxylic acid groups (broad SMARTS) is 1. The molecular weight excluding hydrogens is 435 g/mol. The zero-order valence-corrected chi connectivity index (χ0v) is 23.9. The van der Waals surface area contributed by atoms with Gasteiger partial charge in [0.25, 0.3) is 0 Å². The predicted octanol–water partition coefficient (Wildman–Crippen LogP) is 5.44. The minimum absolute atomic E-state index is 0.0833. The number of hydrogen-bond donors (Lipinski definition) is 2. The van der Waals surface area contributed by atoms with Crippen molar-refractivity contribution >= 4 is 41.3 Å². The highest BCUT2D eigenvalue weighted by atomic mass is 31.1. The Hall–Kier alpha value is -1.29. The van der Waals surface area contributed by atoms with Gasteiger partial charge >= 0.3 is 11.9 Å². The number of carbonyl (C=O) groups is 3. The maximum atomic E-state index is 11.4. The summed E-state index contributed by atoms with van der Waals surface area (Å²) in [6.45, 7) is 24.7. The summed E-state index contributed by atoms with van der Waals surface area (Å²) in [6, 6.07) is 0.244. The fourth-order valence-electron chi connectivity index (χ4n) is 1.24. The van der Waals surface area contributed by atoms with E-state index in [1.165, 1.54) is 0 Å². The van der Waals surface area contributed by atoms with Crippen LogP contribution in [0.5, 0.6) is 0 Å². The summed E-state index contributed by atoms with van der Waals surface area (Å²) >= 11 is 0. The number of carbonyl (C=O) groups excluding carboxylic acids is 2. The lowest BCUT2D eigenvalue weighted by molar-refractivity contribution is -0.152. The maximum absolute atomic E-state index is 11.4. The molecule has 190 valence electrons. The Labute approximate surface area is 208 Å². The van der Waals surface area contributed by atoms with E-state index >= 15 is 0 Å². The van der Waals surface area contributed by atoms with Crippen LogP contribution >= 0.6 is 8.34 Å². The smallest absolute Gasteiger partial charge is 0.311 e. The van der Waals surface area contributed by atoms with E-state index in [0.717, 1.165) is 12.8 Å². The Morgan fingerprint density at radius 1 is 0.939 bits per heavy atom. The fourth-order valence-corrected chi connectivity index (χ4v) is 1.24. The third-order valence-corrected chi connectivity index (χ3v) is 5.15. The van der Waals surface area contributed by atoms with Crippen LogP contribution in [0, 0.1) is 16.2 Å². The predicted molar refractivity (Wildman–Crippen MR) is 144 cm³/mol. The topological polar surface area (TPSA) is 92.7 Å². The third-order valence-electron chi connectivity index (χ3n) is 5.15. The van der Waals surface area contributed by atoms with Gasteiger partial charge in [-0.25, -0.2) is 8.34 Å². The normalized spacial score (nSPS) is 10.8. The van der Waals surface area contributed by atoms with Gasteiger partial charge in [0.15, 0.2) is 0 Å². The quantitative estimate of drug-likeness (QED) is 0.197. The number of rotatable bonds is 9. The second-order valence-electron chi connectivity index (χ2n) is 9.70. The molecule has 0 aromatic carbocycles. The van der Waals surface area contributed by atoms with Crippen molar-refractivity contribution in [3.05, 3.63) is 12.7 Å². The molecule has 0 rings (SSSR count). The summed E-state index contributed by atoms with van der Waals surface area (Å²) in [5.74, 6) is -0.727. The monoisotopic (exact) mass is 483 g/mol. The summed E-state index contributed by atoms with van der Waals surface area (Å²) in [5.41, 5.74) is -1.12. The molecule has 0 aromatic heterocycles. The van der Waals surface area contributed by atoms with Crippen molar-refractivity contribution in [2.45, 2.75) is 101 Å². The SMILES string of the molecule is C=CCOC(=O)C(C)(C)CC.CCC(C)(C)C(=O)NC(C)C.CCC(C)(C)C(=O)O.[B]P[B]. The molecule has 2 N–H and O–H groups in total. The van der Waals surface area contributed by atoms with Crippen molar-refractivity contribution < 1.29 is 24.2 Å². The van der Waals surface area contributed by atoms with Gasteiger partial charge in [-0.15, -0.1) is 0 Å². The van der Waals surface area contributed by atoms with E-state index in [1.807, 2.05) is 62.3 Å². The van der Waals surface area contributed by atoms with E-state index in [1.54, 1.807) is 19.9 Å². The van der Waals surface area contributed by atoms with Crippen LogP contribution in [-0.4, -0.2) is 50.7 Å². The van der Waals surface area contributed by atoms with E-state index in [-0.39, 0.29) is 37.1 Å². The molecule has 0 aliphatic carbocycles. The molecule has 0 unspecified atom stereocenters. The molecule has 6 nitrogen and oxygen atoms in total. The second-order valence-corrected chi connectivity index (χ2v) is 10.0. The van der Waals surface area contributed by atoms with Crippen molar-refractivity contribution in [1.82, 2.24) is 5.32 Å². The van der Waals surface area contributed by atoms with Gasteiger partial charge < -0.3 is 15.2 Å². The number of hydrogen-bond acceptors (Lipinski definition) is 4. The molecule has 0 heterocycles. The van der Waals surface area contributed by atoms with Crippen molar-refractivity contribution in [3.8, 4) is 0 Å². The minimum Gasteiger partial charge on any atom is -0.481 e. The Bertz CT molecular complexity index is 565. The Kier molecular flexibility index (Phi) is 23.7. The summed E-state index contributed by atoms with van der Waals surface area (Å²) in [7, 11) is 9.39. The van der Waals surface area contributed by atoms with Crippen LogP contribution in [-0.2, 0) is 19.1 Å². The average Bonchev–Trinajstić information content (AvgIpc) is 2.72. The highest BCUT2D eigenvalue weighted by Crippen LogP contribution is 2.21. The Morgan fingerprint density at radius 2 is 1.30 bits per heavy atom. The molecule has 9 heteroatoms. The van der Waals surface area contributed by atoms with Gasteiger partial charge in [0.2, 0.25) is 5.91 Å². The first-order chi connectivity index (χ1) is 14.9. The first-order valence-electron chi connectivity index (χ1n) is 11.3. The molecule has 0 spiro atoms. The number of carboxylic acids is 1. The lowest BCUT2D eigenvalue weighted by Gasteiger charge is -2.22. The van der Waals surface area contributed by atoms with Crippen LogP contribution < -0.4 is 5.32 Å². The van der Waals surface area contributed by atoms with Crippen LogP contribution in [0.4, 0.5) is 0 Å². The molecule has 0 aliphatic heterocycles. The van der Waals surface area contributed by atoms with Crippen molar-refractivity contribution in [3.63, 3.8) is 0 Å². The molecule has 0 atom stereocenters. The first-order valence-corrected chi connectivity index (χ1v) is 12.5. The van der Waals surface area contributed by atoms with Gasteiger partial charge in [-0.2, -0.15) is 0 Å². The van der Waals surface area contributed by atoms with Crippen LogP contribution in [0.1, 0.15) is 95.4 Å². The molecule has 0 fully saturated rings. The maximum Gasteiger partial charge on any atom is 0.311 e. The third kappa shape index (κ3) is 22.3. The highest BCUT2D eigenvalue weighted by Gasteiger charge is 2.26. The van der Waals surface area contributed by atoms with Crippen LogP contribution in [0.15, 0.2) is 12.7 Å². The number of nitrogens with one attached hydrogen (secondary N) is 1. The van der Waals surface area contributed by atoms with Crippen molar-refractivity contribution in [2.75, 3.05) is 6.61 Å². The Balaban J connectivity index is -0.000000182. The second kappa shape index (κ2) is 20.1. The molecule has 1 amide bonds. The van der Waals surface area contributed by atoms with Gasteiger partial charge in [0.1, 0.15) is 6.61 Å². The highest BCUT2D eigenvalue weighted by molar-refractivity contribution is 7.87. The molecule has 0 bridgehead atoms. The average molecular weight is 483 g/mol. The van der Waals surface area contributed by atoms with Gasteiger partial charge in [0.05, 0.1) is 26.0 Å². The summed E-state index contributed by atoms with van der Waals surface area (Å²) in [6.07, 6.45) is 3.93. The van der Waals surface area contributed by atoms with Gasteiger partial charge in [-0.1, -0.05) is 47.3 Å². The number of aliphatic carboxylic acids is 1. The van der Waals surface area contributed by atoms with Crippen LogP contribution in [0.3, 0.4) is 0 Å². The zero-order chi connectivity index (χ0) is 27.5. The Morgan fingerprint density at radius 3 is 1.52 bits per heavy atom. The molecular formula is C24H48B2NO5P. The number of ether oxygens (including phenoxy) is 1. The lowest BCUT2D eigenvalue weighted by atomic mass is 9.89. The van der Waals surface area contributed by atoms with E-state index in [9.17, 15) is 14.4 Å². The summed E-state index contributed by atoms with van der Waals surface area (Å²) in [4.78, 5) is 32.8. The minimum atomic E-state index is -0.722. The molecule has 0 saturated carbocycles. The first kappa shape index (κ1) is 38.9. The van der Waals surface area contributed by atoms with Crippen LogP contribution in [0.2, 0.25) is 0 Å². The van der Waals surface area contributed by atoms with Crippen molar-refractivity contribution in [2.24, 2.45) is 16.2 Å². The standard InChI is InChI=1S/C9H19NO.C9H16O2.C6H12O2.B2HP/c1-6-9(4,5)8(11)10-7(2)3;1-5-7-11-8(10)9(3,4)6-2;1-4-6(2,3)5(7)8;1-3-2/h7H,6H2,1-5H3,(H,10,11);5H,1,6-7H2,2-4H3;4H2,1-3H3,(H,7,8);3H. The number of esters is 1. The molecule has 0 aliphatic rings. The zero-order valence-electron chi connectivity index (χ0n) is 22.9. The molecule has 4 radical (unpaired) electrons. The van der Waals surface area contributed by atoms with E-state index in [4.69, 9.17) is 9.84 Å². The summed E-state index contributed by atoms with van der Waals surface area (Å²) in [5, 5.41) is 11.3. The lowest BCUT2D eigenvalue weighted by Crippen LogP contribution is -2.40. The van der Waals surface area contributed by atoms with Crippen molar-refractivity contribution in [1.29, 1.82) is 0 Å². The molecule has 0 saturated heterocycles. The molecule has 33 heavy (non-hydrogen) atoms. The van der Waals surface area contributed by atoms with E-state index < -0.39 is 11.4 Å². The van der Waals surface area contributed by atoms with Gasteiger partial charge in [0, 0.05) is 11.5 Å². The van der Waals surface area contributed by atoms with E-state index in [0.29, 0.717) is 13.0 Å².